The Morgan fingerprint density at radius 2 is 1.58 bits per heavy atom. The third kappa shape index (κ3) is 11.8. The second-order valence-electron chi connectivity index (χ2n) is 15.4. The van der Waals surface area contributed by atoms with E-state index in [9.17, 15) is 24.0 Å². The lowest BCUT2D eigenvalue weighted by Crippen LogP contribution is -2.50. The number of carbonyl (C=O) groups is 5. The number of carbonyl (C=O) groups excluding carboxylic acids is 5. The van der Waals surface area contributed by atoms with Crippen LogP contribution in [0.1, 0.15) is 79.9 Å². The van der Waals surface area contributed by atoms with Crippen LogP contribution in [0.15, 0.2) is 48.8 Å². The van der Waals surface area contributed by atoms with Crippen molar-refractivity contribution in [1.29, 1.82) is 0 Å². The summed E-state index contributed by atoms with van der Waals surface area (Å²) in [6.07, 6.45) is 9.26. The molecule has 3 fully saturated rings. The fourth-order valence-corrected chi connectivity index (χ4v) is 8.62. The van der Waals surface area contributed by atoms with Gasteiger partial charge in [-0.05, 0) is 80.8 Å². The fourth-order valence-electron chi connectivity index (χ4n) is 7.92. The fraction of sp³-hybridized carbons (Fsp3) is 0.500. The molecule has 0 spiro atoms. The summed E-state index contributed by atoms with van der Waals surface area (Å²) in [5.41, 5.74) is 8.05. The van der Waals surface area contributed by atoms with Crippen molar-refractivity contribution in [2.45, 2.75) is 82.1 Å². The van der Waals surface area contributed by atoms with E-state index >= 15 is 0 Å². The molecule has 1 aliphatic heterocycles. The van der Waals surface area contributed by atoms with Crippen LogP contribution in [0.3, 0.4) is 0 Å². The minimum atomic E-state index is -0.474. The lowest BCUT2D eigenvalue weighted by Gasteiger charge is -2.34. The van der Waals surface area contributed by atoms with Gasteiger partial charge in [0.05, 0.1) is 40.8 Å². The summed E-state index contributed by atoms with van der Waals surface area (Å²) in [6.45, 7) is 1.67. The third-order valence-corrected chi connectivity index (χ3v) is 12.3. The van der Waals surface area contributed by atoms with Crippen molar-refractivity contribution in [3.05, 3.63) is 75.1 Å². The number of pyridine rings is 2. The number of hydrogen-bond acceptors (Lipinski definition) is 10. The first-order chi connectivity index (χ1) is 28.9. The lowest BCUT2D eigenvalue weighted by molar-refractivity contribution is -0.130. The minimum Gasteiger partial charge on any atom is -0.383 e. The van der Waals surface area contributed by atoms with Crippen molar-refractivity contribution in [1.82, 2.24) is 36.1 Å². The number of amides is 5. The van der Waals surface area contributed by atoms with E-state index in [0.717, 1.165) is 31.2 Å². The van der Waals surface area contributed by atoms with Crippen LogP contribution in [0.2, 0.25) is 15.1 Å². The lowest BCUT2D eigenvalue weighted by atomic mass is 9.79. The second-order valence-corrected chi connectivity index (χ2v) is 16.7. The Hall–Kier alpha value is -4.54. The summed E-state index contributed by atoms with van der Waals surface area (Å²) in [5, 5.41) is 12.4. The predicted octanol–water partition coefficient (Wildman–Crippen LogP) is 4.89. The van der Waals surface area contributed by atoms with Gasteiger partial charge < -0.3 is 41.4 Å². The molecular formula is C42H51Cl3N8O7. The van der Waals surface area contributed by atoms with E-state index in [-0.39, 0.29) is 94.9 Å². The number of hydrogen-bond donors (Lipinski definition) is 5. The van der Waals surface area contributed by atoms with Gasteiger partial charge in [0.15, 0.2) is 0 Å². The SMILES string of the molecule is CN1C(=O)C[C@H](C(=O)NCCOC2CCC(OCCCC(=O)NC3CC(C(=O)NCCNC(=O)c4ccc(-c5cc(Cl)cc(Cl)c5Cl)c(N)n4)C3)CC2)[C@H]1c1cccnc1. The highest BCUT2D eigenvalue weighted by Gasteiger charge is 2.42. The summed E-state index contributed by atoms with van der Waals surface area (Å²) >= 11 is 18.6. The van der Waals surface area contributed by atoms with Gasteiger partial charge in [-0.1, -0.05) is 40.9 Å². The zero-order valence-electron chi connectivity index (χ0n) is 33.4. The number of halogens is 3. The van der Waals surface area contributed by atoms with Crippen LogP contribution in [0, 0.1) is 11.8 Å². The molecule has 2 atom stereocenters. The number of rotatable bonds is 18. The quantitative estimate of drug-likeness (QED) is 0.0864. The first-order valence-corrected chi connectivity index (χ1v) is 21.4. The number of benzene rings is 1. The Morgan fingerprint density at radius 3 is 2.28 bits per heavy atom. The largest absolute Gasteiger partial charge is 0.383 e. The molecule has 3 aliphatic rings. The Balaban J connectivity index is 0.767. The van der Waals surface area contributed by atoms with E-state index in [1.165, 1.54) is 12.1 Å². The van der Waals surface area contributed by atoms with Gasteiger partial charge in [0.2, 0.25) is 23.6 Å². The van der Waals surface area contributed by atoms with E-state index in [1.807, 2.05) is 6.07 Å². The normalized spacial score (nSPS) is 22.5. The van der Waals surface area contributed by atoms with Gasteiger partial charge in [-0.15, -0.1) is 0 Å². The van der Waals surface area contributed by atoms with Crippen molar-refractivity contribution < 1.29 is 33.4 Å². The maximum atomic E-state index is 13.0. The van der Waals surface area contributed by atoms with Gasteiger partial charge >= 0.3 is 0 Å². The topological polar surface area (TPSA) is 207 Å². The average molecular weight is 886 g/mol. The standard InChI is InChI=1S/C42H51Cl3N8O7/c1-53-36(55)22-32(38(53)24-4-2-12-47-23-24)41(57)50-15-17-60-29-8-6-28(7-9-29)59-16-3-5-35(54)51-27-18-25(19-27)40(56)48-13-14-49-42(58)34-11-10-30(39(46)52-34)31-20-26(43)21-33(44)37(31)45/h2,4,10-12,20-21,23,25,27-29,32,38H,3,5-9,13-19,22H2,1H3,(H2,46,52)(H,48,56)(H,49,58)(H,50,57)(H,51,54)/t25?,27?,28?,29?,32-,38+/m0/s1. The number of nitrogen functional groups attached to an aromatic ring is 1. The molecule has 322 valence electrons. The summed E-state index contributed by atoms with van der Waals surface area (Å²) in [5.74, 6) is -1.45. The maximum Gasteiger partial charge on any atom is 0.270 e. The van der Waals surface area contributed by atoms with Gasteiger partial charge in [0, 0.05) is 86.6 Å². The zero-order valence-corrected chi connectivity index (χ0v) is 35.7. The number of nitrogens with two attached hydrogens (primary N) is 1. The first-order valence-electron chi connectivity index (χ1n) is 20.3. The van der Waals surface area contributed by atoms with Crippen LogP contribution in [0.25, 0.3) is 11.1 Å². The van der Waals surface area contributed by atoms with Gasteiger partial charge in [-0.2, -0.15) is 0 Å². The minimum absolute atomic E-state index is 0.0489. The molecule has 1 saturated heterocycles. The summed E-state index contributed by atoms with van der Waals surface area (Å²) in [4.78, 5) is 73.1. The number of anilines is 1. The number of nitrogens with one attached hydrogen (secondary N) is 4. The van der Waals surface area contributed by atoms with E-state index in [1.54, 1.807) is 42.5 Å². The summed E-state index contributed by atoms with van der Waals surface area (Å²) in [6, 6.07) is 9.57. The molecule has 60 heavy (non-hydrogen) atoms. The molecular weight excluding hydrogens is 835 g/mol. The van der Waals surface area contributed by atoms with Crippen molar-refractivity contribution >= 4 is 70.2 Å². The molecule has 6 N–H and O–H groups in total. The molecule has 2 aromatic heterocycles. The van der Waals surface area contributed by atoms with Crippen molar-refractivity contribution in [2.75, 3.05) is 45.6 Å². The molecule has 2 saturated carbocycles. The second kappa shape index (κ2) is 21.3. The molecule has 18 heteroatoms. The highest BCUT2D eigenvalue weighted by Crippen LogP contribution is 2.39. The first kappa shape index (κ1) is 45.0. The molecule has 6 rings (SSSR count). The third-order valence-electron chi connectivity index (χ3n) is 11.3. The van der Waals surface area contributed by atoms with Crippen LogP contribution >= 0.6 is 34.8 Å². The van der Waals surface area contributed by atoms with Crippen LogP contribution in [-0.2, 0) is 28.7 Å². The van der Waals surface area contributed by atoms with Crippen molar-refractivity contribution in [3.8, 4) is 11.1 Å². The van der Waals surface area contributed by atoms with Crippen LogP contribution in [0.5, 0.6) is 0 Å². The zero-order chi connectivity index (χ0) is 42.8. The highest BCUT2D eigenvalue weighted by atomic mass is 35.5. The van der Waals surface area contributed by atoms with Crippen molar-refractivity contribution in [2.24, 2.45) is 11.8 Å². The van der Waals surface area contributed by atoms with Crippen LogP contribution in [-0.4, -0.2) is 103 Å². The Labute approximate surface area is 364 Å². The smallest absolute Gasteiger partial charge is 0.270 e. The Morgan fingerprint density at radius 1 is 0.883 bits per heavy atom. The highest BCUT2D eigenvalue weighted by molar-refractivity contribution is 6.45. The molecule has 0 radical (unpaired) electrons. The van der Waals surface area contributed by atoms with Crippen LogP contribution in [0.4, 0.5) is 5.82 Å². The predicted molar refractivity (Wildman–Crippen MR) is 227 cm³/mol. The number of ether oxygens (including phenoxy) is 2. The van der Waals surface area contributed by atoms with E-state index in [4.69, 9.17) is 50.0 Å². The maximum absolute atomic E-state index is 13.0. The Bertz CT molecular complexity index is 2010. The monoisotopic (exact) mass is 884 g/mol. The number of nitrogens with zero attached hydrogens (tertiary/aromatic N) is 3. The van der Waals surface area contributed by atoms with Gasteiger partial charge in [0.1, 0.15) is 11.5 Å². The summed E-state index contributed by atoms with van der Waals surface area (Å²) < 4.78 is 12.1. The van der Waals surface area contributed by atoms with Gasteiger partial charge in [-0.25, -0.2) is 4.98 Å². The molecule has 15 nitrogen and oxygen atoms in total. The molecule has 2 aliphatic carbocycles. The van der Waals surface area contributed by atoms with E-state index in [2.05, 4.69) is 31.2 Å². The average Bonchev–Trinajstić information content (AvgIpc) is 3.53. The van der Waals surface area contributed by atoms with E-state index < -0.39 is 11.8 Å². The molecule has 1 aromatic carbocycles. The number of likely N-dealkylation sites (tertiary alicyclic amines) is 1. The molecule has 5 amide bonds. The number of aromatic nitrogens is 2. The molecule has 0 bridgehead atoms. The Kier molecular flexibility index (Phi) is 16.0. The molecule has 0 unspecified atom stereocenters. The van der Waals surface area contributed by atoms with Crippen LogP contribution < -0.4 is 27.0 Å². The summed E-state index contributed by atoms with van der Waals surface area (Å²) in [7, 11) is 1.72. The van der Waals surface area contributed by atoms with E-state index in [0.29, 0.717) is 61.6 Å². The molecule has 3 aromatic rings. The molecule has 3 heterocycles. The van der Waals surface area contributed by atoms with Crippen molar-refractivity contribution in [3.63, 3.8) is 0 Å². The van der Waals surface area contributed by atoms with Gasteiger partial charge in [-0.3, -0.25) is 29.0 Å². The van der Waals surface area contributed by atoms with Gasteiger partial charge in [0.25, 0.3) is 5.91 Å².